The molecule has 0 unspecified atom stereocenters. The molecule has 0 amide bonds. The van der Waals surface area contributed by atoms with Crippen LogP contribution in [0.25, 0.3) is 0 Å². The van der Waals surface area contributed by atoms with Gasteiger partial charge in [-0.3, -0.25) is 4.79 Å². The predicted octanol–water partition coefficient (Wildman–Crippen LogP) is 2.87. The Balaban J connectivity index is 1.67. The lowest BCUT2D eigenvalue weighted by atomic mass is 9.54. The minimum atomic E-state index is -0.446. The van der Waals surface area contributed by atoms with E-state index in [1.165, 1.54) is 19.3 Å². The van der Waals surface area contributed by atoms with Crippen molar-refractivity contribution in [2.75, 3.05) is 0 Å². The van der Waals surface area contributed by atoms with Crippen LogP contribution in [0.4, 0.5) is 0 Å². The fourth-order valence-electron chi connectivity index (χ4n) is 4.92. The van der Waals surface area contributed by atoms with Gasteiger partial charge in [0.15, 0.2) is 0 Å². The van der Waals surface area contributed by atoms with Crippen molar-refractivity contribution in [3.05, 3.63) is 0 Å². The summed E-state index contributed by atoms with van der Waals surface area (Å²) in [4.78, 5) is 12.3. The summed E-state index contributed by atoms with van der Waals surface area (Å²) in [5.74, 6) is 2.47. The van der Waals surface area contributed by atoms with Gasteiger partial charge < -0.3 is 10.5 Å². The molecule has 4 rings (SSSR count). The average molecular weight is 265 g/mol. The van der Waals surface area contributed by atoms with Crippen LogP contribution in [0.2, 0.25) is 0 Å². The molecule has 0 aromatic carbocycles. The van der Waals surface area contributed by atoms with Crippen molar-refractivity contribution in [2.24, 2.45) is 29.4 Å². The second-order valence-electron chi connectivity index (χ2n) is 7.43. The second kappa shape index (κ2) is 4.76. The van der Waals surface area contributed by atoms with E-state index in [1.54, 1.807) is 0 Å². The van der Waals surface area contributed by atoms with E-state index >= 15 is 0 Å². The molecule has 0 saturated heterocycles. The predicted molar refractivity (Wildman–Crippen MR) is 74.4 cm³/mol. The van der Waals surface area contributed by atoms with Gasteiger partial charge in [0.1, 0.15) is 11.6 Å². The van der Waals surface area contributed by atoms with Crippen molar-refractivity contribution < 1.29 is 9.53 Å². The summed E-state index contributed by atoms with van der Waals surface area (Å²) in [6.45, 7) is 4.11. The van der Waals surface area contributed by atoms with Crippen LogP contribution in [-0.2, 0) is 9.53 Å². The van der Waals surface area contributed by atoms with Crippen LogP contribution in [0.5, 0.6) is 0 Å². The maximum Gasteiger partial charge on any atom is 0.323 e. The van der Waals surface area contributed by atoms with Crippen molar-refractivity contribution in [3.8, 4) is 0 Å². The first-order valence-electron chi connectivity index (χ1n) is 8.00. The molecule has 4 saturated carbocycles. The molecule has 0 spiro atoms. The van der Waals surface area contributed by atoms with E-state index in [1.807, 2.05) is 6.92 Å². The molecule has 0 aromatic rings. The Hall–Kier alpha value is -0.570. The Labute approximate surface area is 116 Å². The zero-order valence-corrected chi connectivity index (χ0v) is 12.2. The van der Waals surface area contributed by atoms with Crippen LogP contribution < -0.4 is 5.73 Å². The lowest BCUT2D eigenvalue weighted by molar-refractivity contribution is -0.189. The molecule has 0 aromatic heterocycles. The molecule has 0 radical (unpaired) electrons. The van der Waals surface area contributed by atoms with Crippen LogP contribution in [0.15, 0.2) is 0 Å². The van der Waals surface area contributed by atoms with Crippen molar-refractivity contribution in [1.82, 2.24) is 0 Å². The maximum atomic E-state index is 12.3. The summed E-state index contributed by atoms with van der Waals surface area (Å²) < 4.78 is 5.97. The number of rotatable bonds is 4. The Morgan fingerprint density at radius 2 is 1.68 bits per heavy atom. The number of hydrogen-bond donors (Lipinski definition) is 1. The summed E-state index contributed by atoms with van der Waals surface area (Å²) >= 11 is 0. The third kappa shape index (κ3) is 2.42. The molecule has 3 heteroatoms. The first kappa shape index (κ1) is 13.4. The van der Waals surface area contributed by atoms with Gasteiger partial charge in [0.05, 0.1) is 0 Å². The normalized spacial score (nSPS) is 43.0. The Bertz CT molecular complexity index is 330. The molecule has 3 nitrogen and oxygen atoms in total. The monoisotopic (exact) mass is 265 g/mol. The van der Waals surface area contributed by atoms with Crippen LogP contribution in [0, 0.1) is 23.7 Å². The highest BCUT2D eigenvalue weighted by molar-refractivity contribution is 5.76. The maximum absolute atomic E-state index is 12.3. The van der Waals surface area contributed by atoms with Gasteiger partial charge in [-0.1, -0.05) is 20.3 Å². The number of ether oxygens (including phenoxy) is 1. The zero-order chi connectivity index (χ0) is 13.6. The minimum Gasteiger partial charge on any atom is -0.458 e. The Morgan fingerprint density at radius 1 is 1.21 bits per heavy atom. The molecule has 4 fully saturated rings. The summed E-state index contributed by atoms with van der Waals surface area (Å²) in [5.41, 5.74) is 5.88. The second-order valence-corrected chi connectivity index (χ2v) is 7.43. The van der Waals surface area contributed by atoms with E-state index in [4.69, 9.17) is 10.5 Å². The smallest absolute Gasteiger partial charge is 0.323 e. The first-order chi connectivity index (χ1) is 9.01. The summed E-state index contributed by atoms with van der Waals surface area (Å²) in [6.07, 6.45) is 8.32. The summed E-state index contributed by atoms with van der Waals surface area (Å²) in [5, 5.41) is 0. The van der Waals surface area contributed by atoms with E-state index in [0.717, 1.165) is 43.4 Å². The molecular weight excluding hydrogens is 238 g/mol. The van der Waals surface area contributed by atoms with Crippen LogP contribution in [0.3, 0.4) is 0 Å². The van der Waals surface area contributed by atoms with Gasteiger partial charge in [-0.15, -0.1) is 0 Å². The minimum absolute atomic E-state index is 0.142. The lowest BCUT2D eigenvalue weighted by Gasteiger charge is -2.55. The molecular formula is C16H27NO2. The Kier molecular flexibility index (Phi) is 3.36. The first-order valence-corrected chi connectivity index (χ1v) is 8.00. The summed E-state index contributed by atoms with van der Waals surface area (Å²) in [7, 11) is 0. The average Bonchev–Trinajstić information content (AvgIpc) is 2.34. The fourth-order valence-corrected chi connectivity index (χ4v) is 4.92. The quantitative estimate of drug-likeness (QED) is 0.795. The van der Waals surface area contributed by atoms with Crippen molar-refractivity contribution in [2.45, 2.75) is 70.4 Å². The highest BCUT2D eigenvalue weighted by atomic mass is 16.6. The van der Waals surface area contributed by atoms with Gasteiger partial charge in [0, 0.05) is 0 Å². The topological polar surface area (TPSA) is 52.3 Å². The Morgan fingerprint density at radius 3 is 2.11 bits per heavy atom. The van der Waals surface area contributed by atoms with Crippen molar-refractivity contribution >= 4 is 5.97 Å². The van der Waals surface area contributed by atoms with E-state index in [0.29, 0.717) is 0 Å². The molecule has 0 aliphatic heterocycles. The highest BCUT2D eigenvalue weighted by Crippen LogP contribution is 2.57. The van der Waals surface area contributed by atoms with Crippen LogP contribution in [-0.4, -0.2) is 17.6 Å². The van der Waals surface area contributed by atoms with Gasteiger partial charge in [0.25, 0.3) is 0 Å². The highest BCUT2D eigenvalue weighted by Gasteiger charge is 2.53. The van der Waals surface area contributed by atoms with Crippen molar-refractivity contribution in [1.29, 1.82) is 0 Å². The number of nitrogens with two attached hydrogens (primary N) is 1. The largest absolute Gasteiger partial charge is 0.458 e. The molecule has 108 valence electrons. The molecule has 19 heavy (non-hydrogen) atoms. The van der Waals surface area contributed by atoms with E-state index in [2.05, 4.69) is 6.92 Å². The third-order valence-electron chi connectivity index (χ3n) is 5.83. The van der Waals surface area contributed by atoms with E-state index in [-0.39, 0.29) is 17.5 Å². The standard InChI is InChI=1S/C16H27NO2/c1-3-10(2)14(17)15(18)19-16-7-11-4-12(8-16)6-13(5-11)9-16/h10-14H,3-9,17H2,1-2H3/t10-,11?,12?,13?,14-,16?/m0/s1. The third-order valence-corrected chi connectivity index (χ3v) is 5.83. The molecule has 4 aliphatic rings. The SMILES string of the molecule is CC[C@H](C)[C@H](N)C(=O)OC12CC3CC(CC(C3)C1)C2. The van der Waals surface area contributed by atoms with Gasteiger partial charge in [0.2, 0.25) is 0 Å². The van der Waals surface area contributed by atoms with Crippen LogP contribution in [0.1, 0.15) is 58.8 Å². The van der Waals surface area contributed by atoms with Gasteiger partial charge in [-0.05, 0) is 62.2 Å². The zero-order valence-electron chi connectivity index (χ0n) is 12.2. The lowest BCUT2D eigenvalue weighted by Crippen LogP contribution is -2.54. The number of esters is 1. The van der Waals surface area contributed by atoms with Crippen molar-refractivity contribution in [3.63, 3.8) is 0 Å². The van der Waals surface area contributed by atoms with Gasteiger partial charge in [-0.25, -0.2) is 0 Å². The molecule has 0 heterocycles. The number of carbonyl (C=O) groups excluding carboxylic acids is 1. The summed E-state index contributed by atoms with van der Waals surface area (Å²) in [6, 6.07) is -0.446. The van der Waals surface area contributed by atoms with Gasteiger partial charge >= 0.3 is 5.97 Å². The van der Waals surface area contributed by atoms with Gasteiger partial charge in [-0.2, -0.15) is 0 Å². The van der Waals surface area contributed by atoms with Crippen LogP contribution >= 0.6 is 0 Å². The molecule has 4 aliphatic carbocycles. The van der Waals surface area contributed by atoms with E-state index < -0.39 is 6.04 Å². The fraction of sp³-hybridized carbons (Fsp3) is 0.938. The van der Waals surface area contributed by atoms with E-state index in [9.17, 15) is 4.79 Å². The molecule has 4 bridgehead atoms. The molecule has 2 N–H and O–H groups in total. The molecule has 2 atom stereocenters. The number of carbonyl (C=O) groups is 1. The number of hydrogen-bond acceptors (Lipinski definition) is 3.